The number of carbonyl (C=O) groups is 2. The van der Waals surface area contributed by atoms with E-state index in [1.165, 1.54) is 4.90 Å². The third-order valence-corrected chi connectivity index (χ3v) is 3.21. The first kappa shape index (κ1) is 13.8. The lowest BCUT2D eigenvalue weighted by molar-refractivity contribution is -0.141. The fourth-order valence-corrected chi connectivity index (χ4v) is 2.17. The Balaban J connectivity index is 2.47. The van der Waals surface area contributed by atoms with E-state index in [1.807, 2.05) is 0 Å². The Labute approximate surface area is 102 Å². The van der Waals surface area contributed by atoms with Crippen LogP contribution in [0.2, 0.25) is 0 Å². The number of rotatable bonds is 5. The van der Waals surface area contributed by atoms with Gasteiger partial charge in [-0.15, -0.1) is 0 Å². The second-order valence-corrected chi connectivity index (χ2v) is 4.60. The number of hydrogen-bond acceptors (Lipinski definition) is 2. The summed E-state index contributed by atoms with van der Waals surface area (Å²) in [5, 5.41) is 9.02. The molecule has 0 aromatic rings. The molecule has 0 radical (unpaired) electrons. The fraction of sp³-hybridized carbons (Fsp3) is 0.833. The maximum Gasteiger partial charge on any atom is 0.326 e. The van der Waals surface area contributed by atoms with Crippen LogP contribution in [-0.2, 0) is 4.79 Å². The van der Waals surface area contributed by atoms with Crippen molar-refractivity contribution in [2.45, 2.75) is 45.1 Å². The van der Waals surface area contributed by atoms with Crippen LogP contribution in [0.4, 0.5) is 4.79 Å². The van der Waals surface area contributed by atoms with Gasteiger partial charge in [0, 0.05) is 20.1 Å². The molecule has 0 unspecified atom stereocenters. The number of unbranched alkanes of at least 4 members (excludes halogenated alkanes) is 2. The maximum atomic E-state index is 12.0. The zero-order valence-electron chi connectivity index (χ0n) is 10.7. The topological polar surface area (TPSA) is 60.9 Å². The molecule has 17 heavy (non-hydrogen) atoms. The van der Waals surface area contributed by atoms with E-state index in [4.69, 9.17) is 5.11 Å². The number of hydrogen-bond donors (Lipinski definition) is 1. The molecule has 0 aliphatic carbocycles. The summed E-state index contributed by atoms with van der Waals surface area (Å²) in [5.41, 5.74) is 0. The third-order valence-electron chi connectivity index (χ3n) is 3.21. The van der Waals surface area contributed by atoms with E-state index >= 15 is 0 Å². The lowest BCUT2D eigenvalue weighted by Gasteiger charge is -2.27. The Hall–Kier alpha value is -1.26. The number of urea groups is 1. The summed E-state index contributed by atoms with van der Waals surface area (Å²) in [4.78, 5) is 26.1. The molecule has 1 N–H and O–H groups in total. The highest BCUT2D eigenvalue weighted by atomic mass is 16.4. The predicted octanol–water partition coefficient (Wildman–Crippen LogP) is 1.78. The van der Waals surface area contributed by atoms with Gasteiger partial charge >= 0.3 is 12.0 Å². The van der Waals surface area contributed by atoms with E-state index in [9.17, 15) is 9.59 Å². The summed E-state index contributed by atoms with van der Waals surface area (Å²) in [6, 6.07) is -0.776. The Morgan fingerprint density at radius 1 is 1.41 bits per heavy atom. The summed E-state index contributed by atoms with van der Waals surface area (Å²) < 4.78 is 0. The zero-order valence-corrected chi connectivity index (χ0v) is 10.7. The van der Waals surface area contributed by atoms with Crippen molar-refractivity contribution in [3.8, 4) is 0 Å². The molecular weight excluding hydrogens is 220 g/mol. The quantitative estimate of drug-likeness (QED) is 0.747. The number of nitrogens with zero attached hydrogens (tertiary/aromatic N) is 2. The van der Waals surface area contributed by atoms with Gasteiger partial charge in [0.1, 0.15) is 6.04 Å². The highest BCUT2D eigenvalue weighted by molar-refractivity contribution is 5.83. The SMILES string of the molecule is CCCCCN(C)C(=O)N1CCC[C@H]1C(=O)O. The lowest BCUT2D eigenvalue weighted by Crippen LogP contribution is -2.46. The summed E-state index contributed by atoms with van der Waals surface area (Å²) in [6.07, 6.45) is 4.54. The zero-order chi connectivity index (χ0) is 12.8. The molecule has 0 saturated carbocycles. The lowest BCUT2D eigenvalue weighted by atomic mass is 10.2. The number of aliphatic carboxylic acids is 1. The molecule has 98 valence electrons. The van der Waals surface area contributed by atoms with Crippen LogP contribution in [0.1, 0.15) is 39.0 Å². The molecule has 1 fully saturated rings. The molecule has 1 heterocycles. The molecule has 5 heteroatoms. The molecule has 2 amide bonds. The van der Waals surface area contributed by atoms with Gasteiger partial charge in [-0.3, -0.25) is 0 Å². The van der Waals surface area contributed by atoms with Crippen molar-refractivity contribution in [3.05, 3.63) is 0 Å². The summed E-state index contributed by atoms with van der Waals surface area (Å²) >= 11 is 0. The van der Waals surface area contributed by atoms with Crippen LogP contribution < -0.4 is 0 Å². The monoisotopic (exact) mass is 242 g/mol. The van der Waals surface area contributed by atoms with Gasteiger partial charge < -0.3 is 14.9 Å². The van der Waals surface area contributed by atoms with Crippen LogP contribution in [-0.4, -0.2) is 53.1 Å². The Kier molecular flexibility index (Phi) is 5.25. The van der Waals surface area contributed by atoms with E-state index in [2.05, 4.69) is 6.92 Å². The molecule has 0 spiro atoms. The van der Waals surface area contributed by atoms with Crippen LogP contribution in [0.5, 0.6) is 0 Å². The van der Waals surface area contributed by atoms with Crippen molar-refractivity contribution in [3.63, 3.8) is 0 Å². The number of carboxylic acid groups (broad SMARTS) is 1. The fourth-order valence-electron chi connectivity index (χ4n) is 2.17. The maximum absolute atomic E-state index is 12.0. The summed E-state index contributed by atoms with van der Waals surface area (Å²) in [7, 11) is 1.75. The first-order chi connectivity index (χ1) is 8.07. The Bertz CT molecular complexity index is 281. The highest BCUT2D eigenvalue weighted by Crippen LogP contribution is 2.19. The third kappa shape index (κ3) is 3.61. The van der Waals surface area contributed by atoms with Gasteiger partial charge in [0.25, 0.3) is 0 Å². The van der Waals surface area contributed by atoms with Crippen LogP contribution in [0.25, 0.3) is 0 Å². The Morgan fingerprint density at radius 2 is 2.12 bits per heavy atom. The predicted molar refractivity (Wildman–Crippen MR) is 64.9 cm³/mol. The standard InChI is InChI=1S/C12H22N2O3/c1-3-4-5-8-13(2)12(17)14-9-6-7-10(14)11(15)16/h10H,3-9H2,1-2H3,(H,15,16)/t10-/m0/s1. The van der Waals surface area contributed by atoms with E-state index in [-0.39, 0.29) is 6.03 Å². The minimum absolute atomic E-state index is 0.147. The molecule has 5 nitrogen and oxygen atoms in total. The van der Waals surface area contributed by atoms with Gasteiger partial charge in [0.15, 0.2) is 0 Å². The Morgan fingerprint density at radius 3 is 2.71 bits per heavy atom. The molecular formula is C12H22N2O3. The van der Waals surface area contributed by atoms with E-state index in [0.29, 0.717) is 19.5 Å². The van der Waals surface area contributed by atoms with Crippen molar-refractivity contribution >= 4 is 12.0 Å². The van der Waals surface area contributed by atoms with Crippen LogP contribution >= 0.6 is 0 Å². The van der Waals surface area contributed by atoms with Crippen molar-refractivity contribution < 1.29 is 14.7 Å². The van der Waals surface area contributed by atoms with Crippen molar-refractivity contribution in [1.29, 1.82) is 0 Å². The second kappa shape index (κ2) is 6.47. The van der Waals surface area contributed by atoms with Gasteiger partial charge in [-0.2, -0.15) is 0 Å². The molecule has 0 bridgehead atoms. The van der Waals surface area contributed by atoms with Gasteiger partial charge in [0.2, 0.25) is 0 Å². The molecule has 1 aliphatic heterocycles. The minimum Gasteiger partial charge on any atom is -0.480 e. The molecule has 1 aliphatic rings. The smallest absolute Gasteiger partial charge is 0.326 e. The van der Waals surface area contributed by atoms with Gasteiger partial charge in [-0.25, -0.2) is 9.59 Å². The number of carboxylic acids is 1. The molecule has 0 aromatic heterocycles. The highest BCUT2D eigenvalue weighted by Gasteiger charge is 2.35. The van der Waals surface area contributed by atoms with E-state index in [0.717, 1.165) is 25.7 Å². The second-order valence-electron chi connectivity index (χ2n) is 4.60. The average molecular weight is 242 g/mol. The largest absolute Gasteiger partial charge is 0.480 e. The van der Waals surface area contributed by atoms with E-state index < -0.39 is 12.0 Å². The first-order valence-electron chi connectivity index (χ1n) is 6.32. The summed E-state index contributed by atoms with van der Waals surface area (Å²) in [5.74, 6) is -0.891. The van der Waals surface area contributed by atoms with Gasteiger partial charge in [0.05, 0.1) is 0 Å². The molecule has 1 rings (SSSR count). The van der Waals surface area contributed by atoms with Crippen LogP contribution in [0.15, 0.2) is 0 Å². The van der Waals surface area contributed by atoms with Gasteiger partial charge in [-0.05, 0) is 19.3 Å². The number of likely N-dealkylation sites (tertiary alicyclic amines) is 1. The number of carbonyl (C=O) groups excluding carboxylic acids is 1. The van der Waals surface area contributed by atoms with Gasteiger partial charge in [-0.1, -0.05) is 19.8 Å². The minimum atomic E-state index is -0.891. The molecule has 1 saturated heterocycles. The molecule has 0 aromatic carbocycles. The van der Waals surface area contributed by atoms with Crippen LogP contribution in [0, 0.1) is 0 Å². The first-order valence-corrected chi connectivity index (χ1v) is 6.32. The summed E-state index contributed by atoms with van der Waals surface area (Å²) in [6.45, 7) is 3.38. The normalized spacial score (nSPS) is 19.4. The van der Waals surface area contributed by atoms with Crippen molar-refractivity contribution in [2.75, 3.05) is 20.1 Å². The number of amides is 2. The van der Waals surface area contributed by atoms with Crippen molar-refractivity contribution in [1.82, 2.24) is 9.80 Å². The van der Waals surface area contributed by atoms with Crippen LogP contribution in [0.3, 0.4) is 0 Å². The average Bonchev–Trinajstić information content (AvgIpc) is 2.77. The molecule has 1 atom stereocenters. The van der Waals surface area contributed by atoms with E-state index in [1.54, 1.807) is 11.9 Å². The van der Waals surface area contributed by atoms with Crippen molar-refractivity contribution in [2.24, 2.45) is 0 Å².